The predicted molar refractivity (Wildman–Crippen MR) is 129 cm³/mol. The number of para-hydroxylation sites is 1. The third kappa shape index (κ3) is 5.11. The third-order valence-corrected chi connectivity index (χ3v) is 7.53. The molecule has 2 aliphatic heterocycles. The zero-order valence-corrected chi connectivity index (χ0v) is 19.7. The van der Waals surface area contributed by atoms with Gasteiger partial charge in [0.05, 0.1) is 0 Å². The van der Waals surface area contributed by atoms with Gasteiger partial charge in [0.2, 0.25) is 23.0 Å². The number of anilines is 1. The van der Waals surface area contributed by atoms with Gasteiger partial charge in [-0.1, -0.05) is 18.2 Å². The molecule has 0 saturated carbocycles. The van der Waals surface area contributed by atoms with Gasteiger partial charge in [-0.25, -0.2) is 0 Å². The Morgan fingerprint density at radius 3 is 2.79 bits per heavy atom. The van der Waals surface area contributed by atoms with Gasteiger partial charge in [-0.15, -0.1) is 0 Å². The second-order valence-corrected chi connectivity index (χ2v) is 10.1. The highest BCUT2D eigenvalue weighted by atomic mass is 32.2. The average Bonchev–Trinajstić information content (AvgIpc) is 2.81. The van der Waals surface area contributed by atoms with E-state index in [2.05, 4.69) is 11.4 Å². The van der Waals surface area contributed by atoms with Crippen molar-refractivity contribution in [3.05, 3.63) is 57.6 Å². The highest BCUT2D eigenvalue weighted by Crippen LogP contribution is 2.44. The first-order valence-corrected chi connectivity index (χ1v) is 12.6. The van der Waals surface area contributed by atoms with Gasteiger partial charge >= 0.3 is 0 Å². The van der Waals surface area contributed by atoms with E-state index < -0.39 is 16.6 Å². The number of nitrogens with one attached hydrogen (secondary N) is 1. The van der Waals surface area contributed by atoms with Crippen LogP contribution in [0.4, 0.5) is 5.69 Å². The number of amides is 2. The lowest BCUT2D eigenvalue weighted by Gasteiger charge is -2.35. The first kappa shape index (κ1) is 23.4. The Morgan fingerprint density at radius 1 is 1.24 bits per heavy atom. The van der Waals surface area contributed by atoms with Gasteiger partial charge in [0.15, 0.2) is 5.76 Å². The summed E-state index contributed by atoms with van der Waals surface area (Å²) < 4.78 is 5.79. The molecule has 176 valence electrons. The van der Waals surface area contributed by atoms with E-state index in [9.17, 15) is 19.5 Å². The Hall–Kier alpha value is -2.74. The number of carbonyl (C=O) groups excluding carboxylic acids is 2. The Kier molecular flexibility index (Phi) is 7.12. The zero-order chi connectivity index (χ0) is 23.4. The van der Waals surface area contributed by atoms with Crippen LogP contribution in [0.15, 0.2) is 39.5 Å². The van der Waals surface area contributed by atoms with Crippen LogP contribution in [0.2, 0.25) is 0 Å². The van der Waals surface area contributed by atoms with Gasteiger partial charge in [-0.2, -0.15) is 11.8 Å². The van der Waals surface area contributed by atoms with E-state index in [-0.39, 0.29) is 37.0 Å². The number of rotatable bonds is 6. The minimum atomic E-state index is -0.722. The van der Waals surface area contributed by atoms with E-state index >= 15 is 0 Å². The molecule has 2 aromatic rings. The van der Waals surface area contributed by atoms with Crippen LogP contribution in [0.1, 0.15) is 49.2 Å². The molecule has 1 aromatic carbocycles. The van der Waals surface area contributed by atoms with Gasteiger partial charge in [-0.3, -0.25) is 14.4 Å². The number of aryl methyl sites for hydroxylation is 2. The topological polar surface area (TPSA) is 99.8 Å². The van der Waals surface area contributed by atoms with E-state index in [0.717, 1.165) is 30.0 Å². The van der Waals surface area contributed by atoms with Crippen molar-refractivity contribution in [2.75, 3.05) is 29.5 Å². The molecule has 0 bridgehead atoms. The maximum absolute atomic E-state index is 12.9. The monoisotopic (exact) mass is 470 g/mol. The summed E-state index contributed by atoms with van der Waals surface area (Å²) in [6, 6.07) is 9.21. The molecule has 1 aromatic heterocycles. The Bertz CT molecular complexity index is 1090. The smallest absolute Gasteiger partial charge is 0.228 e. The predicted octanol–water partition coefficient (Wildman–Crippen LogP) is 3.29. The molecule has 1 fully saturated rings. The van der Waals surface area contributed by atoms with Gasteiger partial charge < -0.3 is 19.7 Å². The minimum absolute atomic E-state index is 0.00597. The van der Waals surface area contributed by atoms with Crippen LogP contribution in [0, 0.1) is 6.92 Å². The Labute approximate surface area is 197 Å². The summed E-state index contributed by atoms with van der Waals surface area (Å²) in [6.07, 6.45) is 3.49. The summed E-state index contributed by atoms with van der Waals surface area (Å²) in [7, 11) is 0. The zero-order valence-electron chi connectivity index (χ0n) is 18.9. The van der Waals surface area contributed by atoms with Crippen molar-refractivity contribution in [2.45, 2.75) is 50.9 Å². The largest absolute Gasteiger partial charge is 0.502 e. The fourth-order valence-corrected chi connectivity index (χ4v) is 6.09. The van der Waals surface area contributed by atoms with E-state index in [0.29, 0.717) is 25.1 Å². The van der Waals surface area contributed by atoms with Crippen LogP contribution in [-0.2, 0) is 21.4 Å². The molecule has 0 spiro atoms. The van der Waals surface area contributed by atoms with Crippen molar-refractivity contribution >= 4 is 29.3 Å². The number of aromatic hydroxyl groups is 1. The molecule has 0 radical (unpaired) electrons. The molecule has 2 N–H and O–H groups in total. The van der Waals surface area contributed by atoms with Gasteiger partial charge in [-0.05, 0) is 55.7 Å². The van der Waals surface area contributed by atoms with E-state index in [1.165, 1.54) is 11.6 Å². The maximum atomic E-state index is 12.9. The fraction of sp³-hybridized carbons (Fsp3) is 0.480. The quantitative estimate of drug-likeness (QED) is 0.672. The summed E-state index contributed by atoms with van der Waals surface area (Å²) >= 11 is 1.78. The molecule has 2 amide bonds. The number of carbonyl (C=O) groups is 2. The highest BCUT2D eigenvalue weighted by Gasteiger charge is 2.41. The Morgan fingerprint density at radius 2 is 2.00 bits per heavy atom. The lowest BCUT2D eigenvalue weighted by Crippen LogP contribution is -2.40. The number of thioether (sulfide) groups is 1. The van der Waals surface area contributed by atoms with Crippen molar-refractivity contribution < 1.29 is 19.1 Å². The third-order valence-electron chi connectivity index (χ3n) is 6.55. The van der Waals surface area contributed by atoms with Crippen molar-refractivity contribution in [2.24, 2.45) is 0 Å². The number of hydrogen-bond donors (Lipinski definition) is 2. The van der Waals surface area contributed by atoms with Crippen LogP contribution >= 0.6 is 11.8 Å². The molecule has 3 heterocycles. The standard InChI is InChI=1S/C25H30N2O5S/c1-17-15-20(28)23(31)24(32-17)25(9-13-33-14-10-25)16-21(29)26-11-8-22(30)27-12-4-6-18-5-2-3-7-19(18)27/h2-3,5,7,15,31H,4,6,8-14,16H2,1H3,(H,26,29). The maximum Gasteiger partial charge on any atom is 0.228 e. The van der Waals surface area contributed by atoms with Gasteiger partial charge in [0.1, 0.15) is 5.76 Å². The van der Waals surface area contributed by atoms with Crippen molar-refractivity contribution in [1.29, 1.82) is 0 Å². The van der Waals surface area contributed by atoms with E-state index in [1.54, 1.807) is 18.7 Å². The van der Waals surface area contributed by atoms with E-state index in [1.807, 2.05) is 23.1 Å². The second-order valence-electron chi connectivity index (χ2n) is 8.85. The average molecular weight is 471 g/mol. The summed E-state index contributed by atoms with van der Waals surface area (Å²) in [5.41, 5.74) is 0.931. The molecule has 2 aliphatic rings. The van der Waals surface area contributed by atoms with Crippen LogP contribution < -0.4 is 15.6 Å². The molecule has 8 heteroatoms. The summed E-state index contributed by atoms with van der Waals surface area (Å²) in [6.45, 7) is 2.60. The minimum Gasteiger partial charge on any atom is -0.502 e. The van der Waals surface area contributed by atoms with Crippen molar-refractivity contribution in [3.63, 3.8) is 0 Å². The van der Waals surface area contributed by atoms with Crippen molar-refractivity contribution in [3.8, 4) is 5.75 Å². The van der Waals surface area contributed by atoms with Crippen LogP contribution in [0.25, 0.3) is 0 Å². The molecular weight excluding hydrogens is 440 g/mol. The second kappa shape index (κ2) is 10.0. The molecular formula is C25H30N2O5S. The molecule has 7 nitrogen and oxygen atoms in total. The van der Waals surface area contributed by atoms with E-state index in [4.69, 9.17) is 4.42 Å². The first-order chi connectivity index (χ1) is 15.9. The van der Waals surface area contributed by atoms with Gasteiger partial charge in [0, 0.05) is 43.1 Å². The number of fused-ring (bicyclic) bond motifs is 1. The SMILES string of the molecule is Cc1cc(=O)c(O)c(C2(CC(=O)NCCC(=O)N3CCCc4ccccc43)CCSCC2)o1. The molecule has 4 rings (SSSR count). The normalized spacial score (nSPS) is 17.3. The first-order valence-electron chi connectivity index (χ1n) is 11.5. The Balaban J connectivity index is 1.40. The summed E-state index contributed by atoms with van der Waals surface area (Å²) in [4.78, 5) is 39.7. The number of benzene rings is 1. The van der Waals surface area contributed by atoms with Crippen LogP contribution in [-0.4, -0.2) is 41.5 Å². The summed E-state index contributed by atoms with van der Waals surface area (Å²) in [5.74, 6) is 1.64. The lowest BCUT2D eigenvalue weighted by molar-refractivity contribution is -0.123. The van der Waals surface area contributed by atoms with Gasteiger partial charge in [0.25, 0.3) is 0 Å². The highest BCUT2D eigenvalue weighted by molar-refractivity contribution is 7.99. The molecule has 0 unspecified atom stereocenters. The number of nitrogens with zero attached hydrogens (tertiary/aromatic N) is 1. The number of hydrogen-bond acceptors (Lipinski definition) is 6. The molecule has 0 atom stereocenters. The summed E-state index contributed by atoms with van der Waals surface area (Å²) in [5, 5.41) is 13.3. The van der Waals surface area contributed by atoms with Crippen LogP contribution in [0.5, 0.6) is 5.75 Å². The molecule has 0 aliphatic carbocycles. The lowest BCUT2D eigenvalue weighted by atomic mass is 9.75. The van der Waals surface area contributed by atoms with Crippen LogP contribution in [0.3, 0.4) is 0 Å². The molecule has 33 heavy (non-hydrogen) atoms. The fourth-order valence-electron chi connectivity index (χ4n) is 4.82. The van der Waals surface area contributed by atoms with Crippen molar-refractivity contribution in [1.82, 2.24) is 5.32 Å². The molecule has 1 saturated heterocycles.